The van der Waals surface area contributed by atoms with Crippen LogP contribution in [0.3, 0.4) is 0 Å². The molecule has 5 heteroatoms. The first-order chi connectivity index (χ1) is 8.52. The van der Waals surface area contributed by atoms with E-state index in [0.717, 1.165) is 25.7 Å². The Morgan fingerprint density at radius 3 is 2.78 bits per heavy atom. The first-order valence-electron chi connectivity index (χ1n) is 6.13. The number of hydrogen-bond acceptors (Lipinski definition) is 4. The molecule has 1 aliphatic rings. The van der Waals surface area contributed by atoms with Gasteiger partial charge >= 0.3 is 5.97 Å². The van der Waals surface area contributed by atoms with E-state index in [4.69, 9.17) is 5.11 Å². The number of rotatable bonds is 4. The maximum absolute atomic E-state index is 11.1. The minimum absolute atomic E-state index is 0.217. The maximum atomic E-state index is 11.1. The van der Waals surface area contributed by atoms with E-state index in [2.05, 4.69) is 4.98 Å². The summed E-state index contributed by atoms with van der Waals surface area (Å²) in [6.07, 6.45) is 6.61. The van der Waals surface area contributed by atoms with Crippen molar-refractivity contribution in [1.29, 1.82) is 0 Å². The van der Waals surface area contributed by atoms with Crippen molar-refractivity contribution in [2.75, 3.05) is 18.5 Å². The van der Waals surface area contributed by atoms with Crippen LogP contribution in [0.5, 0.6) is 0 Å². The number of hydrogen-bond donors (Lipinski definition) is 2. The lowest BCUT2D eigenvalue weighted by atomic mass is 10.0. The van der Waals surface area contributed by atoms with Crippen LogP contribution in [0.15, 0.2) is 18.5 Å². The molecule has 0 spiro atoms. The molecule has 0 saturated heterocycles. The summed E-state index contributed by atoms with van der Waals surface area (Å²) in [7, 11) is 1.79. The van der Waals surface area contributed by atoms with Gasteiger partial charge in [0.15, 0.2) is 0 Å². The lowest BCUT2D eigenvalue weighted by molar-refractivity contribution is 0.0555. The molecule has 2 N–H and O–H groups in total. The minimum Gasteiger partial charge on any atom is -0.478 e. The highest BCUT2D eigenvalue weighted by Gasteiger charge is 2.33. The summed E-state index contributed by atoms with van der Waals surface area (Å²) >= 11 is 0. The lowest BCUT2D eigenvalue weighted by Gasteiger charge is -2.30. The van der Waals surface area contributed by atoms with Gasteiger partial charge in [-0.3, -0.25) is 4.98 Å². The van der Waals surface area contributed by atoms with Gasteiger partial charge in [0.1, 0.15) is 0 Å². The van der Waals surface area contributed by atoms with Gasteiger partial charge in [-0.15, -0.1) is 0 Å². The molecule has 0 aromatic carbocycles. The van der Waals surface area contributed by atoms with Crippen LogP contribution < -0.4 is 4.90 Å². The molecule has 1 aromatic heterocycles. The maximum Gasteiger partial charge on any atom is 0.337 e. The average Bonchev–Trinajstić information content (AvgIpc) is 2.75. The fourth-order valence-electron chi connectivity index (χ4n) is 2.59. The number of nitrogens with zero attached hydrogens (tertiary/aromatic N) is 2. The number of aliphatic hydroxyl groups is 1. The Balaban J connectivity index is 2.18. The van der Waals surface area contributed by atoms with Gasteiger partial charge in [-0.25, -0.2) is 4.79 Å². The van der Waals surface area contributed by atoms with E-state index in [1.165, 1.54) is 18.5 Å². The standard InChI is InChI=1S/C13H18N2O3/c1-15(9-13(18)5-2-3-6-13)11-8-14-7-4-10(11)12(16)17/h4,7-8,18H,2-3,5-6,9H2,1H3,(H,16,17). The minimum atomic E-state index is -0.974. The van der Waals surface area contributed by atoms with Crippen molar-refractivity contribution in [2.45, 2.75) is 31.3 Å². The molecular weight excluding hydrogens is 232 g/mol. The summed E-state index contributed by atoms with van der Waals surface area (Å²) in [6, 6.07) is 1.48. The Kier molecular flexibility index (Phi) is 3.52. The second kappa shape index (κ2) is 4.94. The Morgan fingerprint density at radius 1 is 1.50 bits per heavy atom. The molecule has 1 fully saturated rings. The second-order valence-corrected chi connectivity index (χ2v) is 4.99. The summed E-state index contributed by atoms with van der Waals surface area (Å²) in [5, 5.41) is 19.5. The number of carbonyl (C=O) groups is 1. The van der Waals surface area contributed by atoms with Gasteiger partial charge in [0.25, 0.3) is 0 Å². The number of pyridine rings is 1. The van der Waals surface area contributed by atoms with E-state index in [1.807, 2.05) is 0 Å². The zero-order valence-corrected chi connectivity index (χ0v) is 10.5. The van der Waals surface area contributed by atoms with Crippen LogP contribution in [0.4, 0.5) is 5.69 Å². The molecule has 0 amide bonds. The largest absolute Gasteiger partial charge is 0.478 e. The molecule has 1 saturated carbocycles. The van der Waals surface area contributed by atoms with Crippen molar-refractivity contribution in [2.24, 2.45) is 0 Å². The van der Waals surface area contributed by atoms with E-state index in [9.17, 15) is 9.90 Å². The highest BCUT2D eigenvalue weighted by molar-refractivity contribution is 5.94. The van der Waals surface area contributed by atoms with Crippen LogP contribution >= 0.6 is 0 Å². The molecule has 2 rings (SSSR count). The molecule has 5 nitrogen and oxygen atoms in total. The Morgan fingerprint density at radius 2 is 2.17 bits per heavy atom. The molecule has 0 radical (unpaired) electrons. The number of carboxylic acids is 1. The predicted octanol–water partition coefficient (Wildman–Crippen LogP) is 1.52. The normalized spacial score (nSPS) is 17.7. The SMILES string of the molecule is CN(CC1(O)CCCC1)c1cnccc1C(=O)O. The zero-order chi connectivity index (χ0) is 13.2. The zero-order valence-electron chi connectivity index (χ0n) is 10.5. The number of aromatic carboxylic acids is 1. The van der Waals surface area contributed by atoms with Gasteiger partial charge in [0, 0.05) is 19.8 Å². The van der Waals surface area contributed by atoms with Gasteiger partial charge in [-0.1, -0.05) is 12.8 Å². The Labute approximate surface area is 106 Å². The molecule has 0 aliphatic heterocycles. The van der Waals surface area contributed by atoms with E-state index in [0.29, 0.717) is 12.2 Å². The van der Waals surface area contributed by atoms with Crippen molar-refractivity contribution in [3.63, 3.8) is 0 Å². The van der Waals surface area contributed by atoms with Crippen molar-refractivity contribution in [3.8, 4) is 0 Å². The smallest absolute Gasteiger partial charge is 0.337 e. The van der Waals surface area contributed by atoms with Gasteiger partial charge < -0.3 is 15.1 Å². The van der Waals surface area contributed by atoms with Gasteiger partial charge in [-0.2, -0.15) is 0 Å². The van der Waals surface area contributed by atoms with Crippen molar-refractivity contribution < 1.29 is 15.0 Å². The van der Waals surface area contributed by atoms with Gasteiger partial charge in [0.05, 0.1) is 23.0 Å². The summed E-state index contributed by atoms with van der Waals surface area (Å²) < 4.78 is 0. The van der Waals surface area contributed by atoms with Crippen LogP contribution in [0, 0.1) is 0 Å². The fourth-order valence-corrected chi connectivity index (χ4v) is 2.59. The summed E-state index contributed by atoms with van der Waals surface area (Å²) in [4.78, 5) is 16.9. The van der Waals surface area contributed by atoms with E-state index >= 15 is 0 Å². The third-order valence-corrected chi connectivity index (χ3v) is 3.51. The fraction of sp³-hybridized carbons (Fsp3) is 0.538. The summed E-state index contributed by atoms with van der Waals surface area (Å²) in [5.74, 6) is -0.974. The highest BCUT2D eigenvalue weighted by Crippen LogP contribution is 2.31. The van der Waals surface area contributed by atoms with Crippen molar-refractivity contribution >= 4 is 11.7 Å². The van der Waals surface area contributed by atoms with E-state index in [-0.39, 0.29) is 5.56 Å². The number of anilines is 1. The van der Waals surface area contributed by atoms with Crippen LogP contribution in [0.1, 0.15) is 36.0 Å². The third-order valence-electron chi connectivity index (χ3n) is 3.51. The molecule has 18 heavy (non-hydrogen) atoms. The van der Waals surface area contributed by atoms with Crippen LogP contribution in [0.2, 0.25) is 0 Å². The first-order valence-corrected chi connectivity index (χ1v) is 6.13. The quantitative estimate of drug-likeness (QED) is 0.847. The molecule has 0 atom stereocenters. The molecule has 1 aliphatic carbocycles. The number of likely N-dealkylation sites (N-methyl/N-ethyl adjacent to an activating group) is 1. The average molecular weight is 250 g/mol. The molecule has 0 unspecified atom stereocenters. The third kappa shape index (κ3) is 2.61. The van der Waals surface area contributed by atoms with Crippen molar-refractivity contribution in [1.82, 2.24) is 4.98 Å². The Hall–Kier alpha value is -1.62. The number of aromatic nitrogens is 1. The lowest BCUT2D eigenvalue weighted by Crippen LogP contribution is -2.39. The monoisotopic (exact) mass is 250 g/mol. The van der Waals surface area contributed by atoms with Crippen LogP contribution in [-0.2, 0) is 0 Å². The predicted molar refractivity (Wildman–Crippen MR) is 67.9 cm³/mol. The van der Waals surface area contributed by atoms with Gasteiger partial charge in [-0.05, 0) is 18.9 Å². The highest BCUT2D eigenvalue weighted by atomic mass is 16.4. The number of carboxylic acid groups (broad SMARTS) is 1. The summed E-state index contributed by atoms with van der Waals surface area (Å²) in [6.45, 7) is 0.443. The van der Waals surface area contributed by atoms with Crippen LogP contribution in [-0.4, -0.2) is 40.4 Å². The van der Waals surface area contributed by atoms with E-state index in [1.54, 1.807) is 11.9 Å². The molecule has 1 heterocycles. The Bertz CT molecular complexity index is 442. The van der Waals surface area contributed by atoms with Gasteiger partial charge in [0.2, 0.25) is 0 Å². The topological polar surface area (TPSA) is 73.7 Å². The molecule has 1 aromatic rings. The molecular formula is C13H18N2O3. The molecule has 0 bridgehead atoms. The van der Waals surface area contributed by atoms with E-state index < -0.39 is 11.6 Å². The first kappa shape index (κ1) is 12.8. The second-order valence-electron chi connectivity index (χ2n) is 4.99. The van der Waals surface area contributed by atoms with Crippen LogP contribution in [0.25, 0.3) is 0 Å². The molecule has 98 valence electrons. The summed E-state index contributed by atoms with van der Waals surface area (Å²) in [5.41, 5.74) is 0.0693. The van der Waals surface area contributed by atoms with Crippen molar-refractivity contribution in [3.05, 3.63) is 24.0 Å².